The Kier molecular flexibility index (Phi) is 42.3. The highest BCUT2D eigenvalue weighted by atomic mass is 16.7. The molecule has 7 atom stereocenters. The van der Waals surface area contributed by atoms with E-state index in [-0.39, 0.29) is 12.5 Å². The fraction of sp³-hybridized carbons (Fsp3) is 0.836. The van der Waals surface area contributed by atoms with Gasteiger partial charge in [0.15, 0.2) is 6.29 Å². The van der Waals surface area contributed by atoms with Crippen molar-refractivity contribution in [1.82, 2.24) is 5.32 Å². The number of amides is 1. The zero-order valence-corrected chi connectivity index (χ0v) is 41.3. The summed E-state index contributed by atoms with van der Waals surface area (Å²) in [7, 11) is 0. The van der Waals surface area contributed by atoms with Gasteiger partial charge >= 0.3 is 0 Å². The van der Waals surface area contributed by atoms with Crippen LogP contribution in [-0.4, -0.2) is 87.5 Å². The minimum atomic E-state index is -1.57. The van der Waals surface area contributed by atoms with Crippen molar-refractivity contribution in [1.29, 1.82) is 0 Å². The monoisotopic (exact) mass is 904 g/mol. The van der Waals surface area contributed by atoms with E-state index in [1.807, 2.05) is 6.08 Å². The number of hydrogen-bond acceptors (Lipinski definition) is 8. The van der Waals surface area contributed by atoms with Crippen LogP contribution >= 0.6 is 0 Å². The van der Waals surface area contributed by atoms with Gasteiger partial charge in [-0.1, -0.05) is 217 Å². The number of aliphatic hydroxyl groups is 5. The van der Waals surface area contributed by atoms with E-state index >= 15 is 0 Å². The molecule has 0 radical (unpaired) electrons. The lowest BCUT2D eigenvalue weighted by atomic mass is 9.99. The molecule has 0 aromatic rings. The first-order valence-corrected chi connectivity index (χ1v) is 26.9. The second kappa shape index (κ2) is 45.0. The second-order valence-electron chi connectivity index (χ2n) is 18.7. The van der Waals surface area contributed by atoms with Crippen LogP contribution in [0.15, 0.2) is 48.6 Å². The van der Waals surface area contributed by atoms with Crippen molar-refractivity contribution in [3.63, 3.8) is 0 Å². The molecule has 0 spiro atoms. The molecule has 1 saturated heterocycles. The number of unbranched alkanes of at least 4 members (excludes halogenated alkanes) is 29. The van der Waals surface area contributed by atoms with Crippen LogP contribution in [0.2, 0.25) is 0 Å². The molecule has 374 valence electrons. The summed E-state index contributed by atoms with van der Waals surface area (Å²) in [6.45, 7) is 3.74. The quantitative estimate of drug-likeness (QED) is 0.0261. The third-order valence-corrected chi connectivity index (χ3v) is 12.6. The van der Waals surface area contributed by atoms with Gasteiger partial charge in [0.1, 0.15) is 24.4 Å². The van der Waals surface area contributed by atoms with Crippen LogP contribution in [-0.2, 0) is 14.3 Å². The smallest absolute Gasteiger partial charge is 0.220 e. The van der Waals surface area contributed by atoms with E-state index in [1.54, 1.807) is 6.08 Å². The first kappa shape index (κ1) is 60.2. The first-order valence-electron chi connectivity index (χ1n) is 26.9. The van der Waals surface area contributed by atoms with Gasteiger partial charge in [-0.2, -0.15) is 0 Å². The Morgan fingerprint density at radius 1 is 0.531 bits per heavy atom. The molecule has 6 N–H and O–H groups in total. The molecule has 64 heavy (non-hydrogen) atoms. The minimum Gasteiger partial charge on any atom is -0.394 e. The van der Waals surface area contributed by atoms with Gasteiger partial charge in [-0.05, 0) is 64.2 Å². The fourth-order valence-electron chi connectivity index (χ4n) is 8.32. The van der Waals surface area contributed by atoms with E-state index in [0.717, 1.165) is 44.9 Å². The molecule has 0 aromatic heterocycles. The van der Waals surface area contributed by atoms with Crippen molar-refractivity contribution < 1.29 is 39.8 Å². The van der Waals surface area contributed by atoms with Crippen molar-refractivity contribution >= 4 is 5.91 Å². The zero-order chi connectivity index (χ0) is 46.6. The number of carbonyl (C=O) groups excluding carboxylic acids is 1. The van der Waals surface area contributed by atoms with Crippen LogP contribution in [0.3, 0.4) is 0 Å². The van der Waals surface area contributed by atoms with Gasteiger partial charge < -0.3 is 40.3 Å². The summed E-state index contributed by atoms with van der Waals surface area (Å²) >= 11 is 0. The van der Waals surface area contributed by atoms with Gasteiger partial charge in [0.25, 0.3) is 0 Å². The lowest BCUT2D eigenvalue weighted by Crippen LogP contribution is -2.60. The lowest BCUT2D eigenvalue weighted by Gasteiger charge is -2.40. The summed E-state index contributed by atoms with van der Waals surface area (Å²) in [4.78, 5) is 13.0. The number of ether oxygens (including phenoxy) is 2. The molecule has 0 aromatic carbocycles. The fourth-order valence-corrected chi connectivity index (χ4v) is 8.32. The maximum atomic E-state index is 13.0. The van der Waals surface area contributed by atoms with E-state index in [0.29, 0.717) is 6.42 Å². The van der Waals surface area contributed by atoms with Crippen LogP contribution in [0, 0.1) is 0 Å². The van der Waals surface area contributed by atoms with Crippen molar-refractivity contribution in [2.75, 3.05) is 13.2 Å². The number of allylic oxidation sites excluding steroid dienone is 7. The molecule has 9 heteroatoms. The number of aliphatic hydroxyl groups excluding tert-OH is 5. The lowest BCUT2D eigenvalue weighted by molar-refractivity contribution is -0.302. The molecular formula is C55H101NO8. The van der Waals surface area contributed by atoms with Crippen LogP contribution in [0.5, 0.6) is 0 Å². The van der Waals surface area contributed by atoms with Gasteiger partial charge in [0, 0.05) is 6.42 Å². The Morgan fingerprint density at radius 3 is 1.41 bits per heavy atom. The molecule has 0 bridgehead atoms. The number of rotatable bonds is 45. The summed E-state index contributed by atoms with van der Waals surface area (Å²) < 4.78 is 11.2. The van der Waals surface area contributed by atoms with Crippen molar-refractivity contribution in [3.05, 3.63) is 48.6 Å². The van der Waals surface area contributed by atoms with E-state index in [4.69, 9.17) is 9.47 Å². The molecule has 1 aliphatic heterocycles. The highest BCUT2D eigenvalue weighted by Gasteiger charge is 2.44. The predicted molar refractivity (Wildman–Crippen MR) is 267 cm³/mol. The van der Waals surface area contributed by atoms with Crippen LogP contribution < -0.4 is 5.32 Å². The number of carbonyl (C=O) groups is 1. The van der Waals surface area contributed by atoms with E-state index < -0.39 is 49.5 Å². The van der Waals surface area contributed by atoms with Crippen molar-refractivity contribution in [2.24, 2.45) is 0 Å². The highest BCUT2D eigenvalue weighted by Crippen LogP contribution is 2.23. The van der Waals surface area contributed by atoms with Gasteiger partial charge in [0.05, 0.1) is 25.4 Å². The molecule has 9 nitrogen and oxygen atoms in total. The summed E-state index contributed by atoms with van der Waals surface area (Å²) in [5.74, 6) is -0.189. The molecule has 0 saturated carbocycles. The van der Waals surface area contributed by atoms with Crippen molar-refractivity contribution in [3.8, 4) is 0 Å². The largest absolute Gasteiger partial charge is 0.394 e. The molecule has 1 rings (SSSR count). The van der Waals surface area contributed by atoms with E-state index in [9.17, 15) is 30.3 Å². The van der Waals surface area contributed by atoms with Crippen LogP contribution in [0.25, 0.3) is 0 Å². The summed E-state index contributed by atoms with van der Waals surface area (Å²) in [6, 6.07) is -0.821. The Hall–Kier alpha value is -1.85. The average molecular weight is 904 g/mol. The highest BCUT2D eigenvalue weighted by molar-refractivity contribution is 5.76. The van der Waals surface area contributed by atoms with Crippen LogP contribution in [0.4, 0.5) is 0 Å². The Morgan fingerprint density at radius 2 is 0.938 bits per heavy atom. The maximum Gasteiger partial charge on any atom is 0.220 e. The normalized spacial score (nSPS) is 20.4. The predicted octanol–water partition coefficient (Wildman–Crippen LogP) is 12.6. The number of nitrogens with one attached hydrogen (secondary N) is 1. The summed E-state index contributed by atoms with van der Waals surface area (Å²) in [5.41, 5.74) is 0. The Labute approximate surface area is 393 Å². The molecule has 1 fully saturated rings. The summed E-state index contributed by atoms with van der Waals surface area (Å²) in [5, 5.41) is 54.2. The topological polar surface area (TPSA) is 149 Å². The molecule has 7 unspecified atom stereocenters. The molecule has 1 amide bonds. The summed E-state index contributed by atoms with van der Waals surface area (Å²) in [6.07, 6.45) is 51.8. The third-order valence-electron chi connectivity index (χ3n) is 12.6. The SMILES string of the molecule is CCCCCCCC/C=C/CC/C=C/C(O)C(COC1OC(CO)C(O)C(O)C1O)NC(=O)CCCCCCCCCCCCCCC/C=C\C/C=C\CCCCCCCCCCC. The average Bonchev–Trinajstić information content (AvgIpc) is 3.29. The zero-order valence-electron chi connectivity index (χ0n) is 41.3. The molecule has 1 heterocycles. The van der Waals surface area contributed by atoms with Crippen molar-refractivity contribution in [2.45, 2.75) is 281 Å². The molecular weight excluding hydrogens is 803 g/mol. The van der Waals surface area contributed by atoms with Gasteiger partial charge in [-0.15, -0.1) is 0 Å². The van der Waals surface area contributed by atoms with E-state index in [1.165, 1.54) is 173 Å². The maximum absolute atomic E-state index is 13.0. The Bertz CT molecular complexity index is 1140. The molecule has 1 aliphatic rings. The number of hydrogen-bond donors (Lipinski definition) is 6. The standard InChI is InChI=1S/C55H101NO8/c1-3-5-7-9-11-13-15-17-18-19-20-21-22-23-24-25-26-27-28-29-30-31-32-33-35-37-39-41-43-45-51(59)56-48(47-63-55-54(62)53(61)52(60)50(46-57)64-55)49(58)44-42-40-38-36-34-16-14-12-10-8-6-4-2/h20-21,23-24,34,36,42,44,48-50,52-55,57-58,60-62H,3-19,22,25-33,35,37-41,43,45-47H2,1-2H3,(H,56,59)/b21-20-,24-23-,36-34+,44-42+. The van der Waals surface area contributed by atoms with Gasteiger partial charge in [-0.3, -0.25) is 4.79 Å². The first-order chi connectivity index (χ1) is 31.3. The van der Waals surface area contributed by atoms with Crippen LogP contribution in [0.1, 0.15) is 239 Å². The van der Waals surface area contributed by atoms with Gasteiger partial charge in [0.2, 0.25) is 5.91 Å². The van der Waals surface area contributed by atoms with Gasteiger partial charge in [-0.25, -0.2) is 0 Å². The third kappa shape index (κ3) is 34.5. The second-order valence-corrected chi connectivity index (χ2v) is 18.7. The van der Waals surface area contributed by atoms with E-state index in [2.05, 4.69) is 55.6 Å². The Balaban J connectivity index is 2.18. The molecule has 0 aliphatic carbocycles. The minimum absolute atomic E-state index is 0.189.